The van der Waals surface area contributed by atoms with E-state index in [4.69, 9.17) is 23.2 Å². The van der Waals surface area contributed by atoms with E-state index in [1.165, 1.54) is 22.7 Å². The smallest absolute Gasteiger partial charge is 0.242 e. The Labute approximate surface area is 184 Å². The zero-order valence-corrected chi connectivity index (χ0v) is 18.6. The van der Waals surface area contributed by atoms with E-state index in [1.54, 1.807) is 43.4 Å². The third kappa shape index (κ3) is 6.63. The molecule has 0 aliphatic carbocycles. The maximum atomic E-state index is 13.8. The fourth-order valence-corrected chi connectivity index (χ4v) is 4.08. The Kier molecular flexibility index (Phi) is 9.27. The summed E-state index contributed by atoms with van der Waals surface area (Å²) in [6, 6.07) is 11.0. The summed E-state index contributed by atoms with van der Waals surface area (Å²) < 4.78 is 13.8. The number of hydrogen-bond acceptors (Lipinski definition) is 3. The quantitative estimate of drug-likeness (QED) is 0.582. The number of nitrogens with one attached hydrogen (secondary N) is 1. The minimum Gasteiger partial charge on any atom is -0.357 e. The van der Waals surface area contributed by atoms with Gasteiger partial charge in [0.2, 0.25) is 11.8 Å². The van der Waals surface area contributed by atoms with E-state index in [0.29, 0.717) is 27.8 Å². The Morgan fingerprint density at radius 2 is 1.90 bits per heavy atom. The molecule has 0 radical (unpaired) electrons. The predicted molar refractivity (Wildman–Crippen MR) is 118 cm³/mol. The molecule has 2 rings (SSSR count). The molecule has 1 N–H and O–H groups in total. The molecule has 0 aliphatic heterocycles. The van der Waals surface area contributed by atoms with Crippen molar-refractivity contribution in [3.63, 3.8) is 0 Å². The van der Waals surface area contributed by atoms with Crippen molar-refractivity contribution in [2.24, 2.45) is 0 Å². The lowest BCUT2D eigenvalue weighted by molar-refractivity contribution is -0.139. The summed E-state index contributed by atoms with van der Waals surface area (Å²) in [5.74, 6) is -0.233. The average Bonchev–Trinajstić information content (AvgIpc) is 2.71. The van der Waals surface area contributed by atoms with E-state index in [0.717, 1.165) is 5.56 Å². The van der Waals surface area contributed by atoms with E-state index in [2.05, 4.69) is 5.32 Å². The zero-order valence-electron chi connectivity index (χ0n) is 16.3. The third-order valence-corrected chi connectivity index (χ3v) is 6.12. The maximum absolute atomic E-state index is 13.8. The molecule has 1 atom stereocenters. The maximum Gasteiger partial charge on any atom is 0.242 e. The minimum absolute atomic E-state index is 0.128. The lowest BCUT2D eigenvalue weighted by Crippen LogP contribution is -2.48. The first-order valence-corrected chi connectivity index (χ1v) is 11.0. The van der Waals surface area contributed by atoms with Gasteiger partial charge >= 0.3 is 0 Å². The van der Waals surface area contributed by atoms with Crippen molar-refractivity contribution in [3.8, 4) is 0 Å². The molecule has 2 amide bonds. The number of hydrogen-bond donors (Lipinski definition) is 1. The van der Waals surface area contributed by atoms with Gasteiger partial charge in [0, 0.05) is 19.3 Å². The van der Waals surface area contributed by atoms with Gasteiger partial charge in [0.05, 0.1) is 15.8 Å². The standard InChI is InChI=1S/C21H23Cl2FN2O2S/c1-3-19(21(28)25-2)26(11-14-8-9-16(22)17(23)10-14)20(27)13-29-12-15-6-4-5-7-18(15)24/h4-10,19H,3,11-13H2,1-2H3,(H,25,28)/t19-/m1/s1. The highest BCUT2D eigenvalue weighted by molar-refractivity contribution is 7.99. The van der Waals surface area contributed by atoms with E-state index >= 15 is 0 Å². The second-order valence-corrected chi connectivity index (χ2v) is 8.19. The van der Waals surface area contributed by atoms with Gasteiger partial charge in [0.1, 0.15) is 11.9 Å². The van der Waals surface area contributed by atoms with Crippen LogP contribution >= 0.6 is 35.0 Å². The fraction of sp³-hybridized carbons (Fsp3) is 0.333. The number of carbonyl (C=O) groups excluding carboxylic acids is 2. The third-order valence-electron chi connectivity index (χ3n) is 4.41. The lowest BCUT2D eigenvalue weighted by Gasteiger charge is -2.30. The molecule has 0 bridgehead atoms. The highest BCUT2D eigenvalue weighted by atomic mass is 35.5. The number of amides is 2. The normalized spacial score (nSPS) is 11.8. The molecule has 0 spiro atoms. The van der Waals surface area contributed by atoms with Crippen LogP contribution in [0.25, 0.3) is 0 Å². The number of rotatable bonds is 9. The Bertz CT molecular complexity index is 866. The van der Waals surface area contributed by atoms with E-state index in [-0.39, 0.29) is 29.9 Å². The van der Waals surface area contributed by atoms with Crippen molar-refractivity contribution in [2.45, 2.75) is 31.7 Å². The molecular weight excluding hydrogens is 434 g/mol. The van der Waals surface area contributed by atoms with Crippen molar-refractivity contribution >= 4 is 46.8 Å². The van der Waals surface area contributed by atoms with Crippen LogP contribution in [-0.4, -0.2) is 35.6 Å². The summed E-state index contributed by atoms with van der Waals surface area (Å²) in [7, 11) is 1.54. The van der Waals surface area contributed by atoms with Crippen molar-refractivity contribution in [1.29, 1.82) is 0 Å². The molecular formula is C21H23Cl2FN2O2S. The van der Waals surface area contributed by atoms with Gasteiger partial charge in [-0.3, -0.25) is 9.59 Å². The first kappa shape index (κ1) is 23.5. The van der Waals surface area contributed by atoms with Gasteiger partial charge in [-0.05, 0) is 35.7 Å². The van der Waals surface area contributed by atoms with Crippen LogP contribution in [0.5, 0.6) is 0 Å². The molecule has 8 heteroatoms. The van der Waals surface area contributed by atoms with Gasteiger partial charge in [0.25, 0.3) is 0 Å². The fourth-order valence-electron chi connectivity index (χ4n) is 2.87. The SMILES string of the molecule is CC[C@H](C(=O)NC)N(Cc1ccc(Cl)c(Cl)c1)C(=O)CSCc1ccccc1F. The molecule has 0 aliphatic rings. The summed E-state index contributed by atoms with van der Waals surface area (Å²) in [6.45, 7) is 2.07. The van der Waals surface area contributed by atoms with Crippen molar-refractivity contribution in [3.05, 3.63) is 69.5 Å². The Morgan fingerprint density at radius 1 is 1.17 bits per heavy atom. The molecule has 156 valence electrons. The van der Waals surface area contributed by atoms with Gasteiger partial charge in [-0.2, -0.15) is 0 Å². The zero-order chi connectivity index (χ0) is 21.4. The van der Waals surface area contributed by atoms with Crippen LogP contribution in [0.2, 0.25) is 10.0 Å². The molecule has 0 heterocycles. The van der Waals surface area contributed by atoms with Crippen LogP contribution in [-0.2, 0) is 21.9 Å². The van der Waals surface area contributed by atoms with Crippen LogP contribution < -0.4 is 5.32 Å². The number of halogens is 3. The summed E-state index contributed by atoms with van der Waals surface area (Å²) in [5.41, 5.74) is 1.31. The molecule has 0 unspecified atom stereocenters. The van der Waals surface area contributed by atoms with Crippen molar-refractivity contribution in [1.82, 2.24) is 10.2 Å². The Balaban J connectivity index is 2.14. The second-order valence-electron chi connectivity index (χ2n) is 6.39. The van der Waals surface area contributed by atoms with Gasteiger partial charge in [0.15, 0.2) is 0 Å². The van der Waals surface area contributed by atoms with Crippen LogP contribution in [0, 0.1) is 5.82 Å². The lowest BCUT2D eigenvalue weighted by atomic mass is 10.1. The Morgan fingerprint density at radius 3 is 2.52 bits per heavy atom. The van der Waals surface area contributed by atoms with Crippen LogP contribution in [0.4, 0.5) is 4.39 Å². The summed E-state index contributed by atoms with van der Waals surface area (Å²) >= 11 is 13.4. The number of likely N-dealkylation sites (N-methyl/N-ethyl adjacent to an activating group) is 1. The molecule has 2 aromatic carbocycles. The van der Waals surface area contributed by atoms with E-state index in [9.17, 15) is 14.0 Å². The van der Waals surface area contributed by atoms with E-state index < -0.39 is 6.04 Å². The predicted octanol–water partition coefficient (Wildman–Crippen LogP) is 4.92. The molecule has 29 heavy (non-hydrogen) atoms. The van der Waals surface area contributed by atoms with Crippen LogP contribution in [0.1, 0.15) is 24.5 Å². The van der Waals surface area contributed by atoms with Crippen molar-refractivity contribution < 1.29 is 14.0 Å². The largest absolute Gasteiger partial charge is 0.357 e. The summed E-state index contributed by atoms with van der Waals surface area (Å²) in [6.07, 6.45) is 0.463. The minimum atomic E-state index is -0.615. The van der Waals surface area contributed by atoms with Gasteiger partial charge < -0.3 is 10.2 Å². The Hall–Kier alpha value is -1.76. The van der Waals surface area contributed by atoms with E-state index in [1.807, 2.05) is 6.92 Å². The molecule has 2 aromatic rings. The number of benzene rings is 2. The average molecular weight is 457 g/mol. The topological polar surface area (TPSA) is 49.4 Å². The van der Waals surface area contributed by atoms with Crippen LogP contribution in [0.15, 0.2) is 42.5 Å². The molecule has 0 saturated heterocycles. The highest BCUT2D eigenvalue weighted by Crippen LogP contribution is 2.24. The van der Waals surface area contributed by atoms with Crippen molar-refractivity contribution in [2.75, 3.05) is 12.8 Å². The number of carbonyl (C=O) groups is 2. The van der Waals surface area contributed by atoms with Crippen LogP contribution in [0.3, 0.4) is 0 Å². The summed E-state index contributed by atoms with van der Waals surface area (Å²) in [4.78, 5) is 26.8. The molecule has 0 fully saturated rings. The van der Waals surface area contributed by atoms with Gasteiger partial charge in [-0.25, -0.2) is 4.39 Å². The second kappa shape index (κ2) is 11.4. The van der Waals surface area contributed by atoms with Gasteiger partial charge in [-0.15, -0.1) is 11.8 Å². The highest BCUT2D eigenvalue weighted by Gasteiger charge is 2.28. The monoisotopic (exact) mass is 456 g/mol. The molecule has 4 nitrogen and oxygen atoms in total. The molecule has 0 aromatic heterocycles. The number of thioether (sulfide) groups is 1. The number of nitrogens with zero attached hydrogens (tertiary/aromatic N) is 1. The first-order valence-electron chi connectivity index (χ1n) is 9.13. The van der Waals surface area contributed by atoms with Gasteiger partial charge in [-0.1, -0.05) is 54.4 Å². The first-order chi connectivity index (χ1) is 13.9. The molecule has 0 saturated carbocycles. The summed E-state index contributed by atoms with van der Waals surface area (Å²) in [5, 5.41) is 3.42.